The molecule has 0 radical (unpaired) electrons. The van der Waals surface area contributed by atoms with Crippen molar-refractivity contribution in [3.8, 4) is 33.3 Å². The Morgan fingerprint density at radius 3 is 2.60 bits per heavy atom. The number of aromatic nitrogens is 4. The predicted molar refractivity (Wildman–Crippen MR) is 249 cm³/mol. The van der Waals surface area contributed by atoms with Crippen LogP contribution in [0.15, 0.2) is 70.7 Å². The van der Waals surface area contributed by atoms with E-state index in [0.29, 0.717) is 47.5 Å². The molecule has 7 heterocycles. The van der Waals surface area contributed by atoms with Crippen LogP contribution >= 0.6 is 11.3 Å². The van der Waals surface area contributed by atoms with Gasteiger partial charge in [-0.25, -0.2) is 4.98 Å². The van der Waals surface area contributed by atoms with Gasteiger partial charge >= 0.3 is 0 Å². The van der Waals surface area contributed by atoms with E-state index in [1.165, 1.54) is 4.90 Å². The van der Waals surface area contributed by atoms with E-state index in [0.717, 1.165) is 85.4 Å². The van der Waals surface area contributed by atoms with Crippen LogP contribution < -0.4 is 20.3 Å². The zero-order valence-electron chi connectivity index (χ0n) is 37.8. The lowest BCUT2D eigenvalue weighted by atomic mass is 9.91. The van der Waals surface area contributed by atoms with Crippen molar-refractivity contribution in [2.45, 2.75) is 83.6 Å². The molecule has 3 saturated heterocycles. The number of aliphatic hydroxyl groups excluding tert-OH is 1. The van der Waals surface area contributed by atoms with Gasteiger partial charge in [-0.3, -0.25) is 19.4 Å². The van der Waals surface area contributed by atoms with Gasteiger partial charge in [-0.1, -0.05) is 57.2 Å². The first-order valence-corrected chi connectivity index (χ1v) is 23.8. The van der Waals surface area contributed by atoms with Crippen LogP contribution in [0.3, 0.4) is 0 Å². The number of benzene rings is 2. The number of amides is 2. The standard InChI is InChI=1S/C48H60N10O6S/c1-28(2)44(48(62)58-26-35(59)20-40(58)47(61)51-30(4)32-10-12-33(13-11-32)45-31(5)50-27-65-45)42-22-43(54-64-42)63-19-18-55-15-14-38(29(3)24-55)56-16-17-57-34(25-56)23-49-46-39(57)21-37(52-53-46)36-8-6-7-9-41(36)60/h6-13,21-22,27-30,34-35,38,40,44,59-60H,14-20,23-26H2,1-5H3,(H,49,53)(H,51,61)/t29-,30-,34+,35+,38-,40-,44+/m0/s1. The molecule has 2 aromatic carbocycles. The van der Waals surface area contributed by atoms with E-state index in [-0.39, 0.29) is 42.5 Å². The summed E-state index contributed by atoms with van der Waals surface area (Å²) in [5.41, 5.74) is 7.20. The molecule has 0 unspecified atom stereocenters. The predicted octanol–water partition coefficient (Wildman–Crippen LogP) is 5.55. The Hall–Kier alpha value is -5.62. The van der Waals surface area contributed by atoms with E-state index in [4.69, 9.17) is 9.26 Å². The number of rotatable bonds is 13. The highest BCUT2D eigenvalue weighted by atomic mass is 32.1. The molecule has 17 heteroatoms. The molecule has 0 bridgehead atoms. The first-order chi connectivity index (χ1) is 31.4. The average Bonchev–Trinajstić information content (AvgIpc) is 4.06. The van der Waals surface area contributed by atoms with Crippen molar-refractivity contribution < 1.29 is 29.1 Å². The van der Waals surface area contributed by atoms with Crippen molar-refractivity contribution in [2.75, 3.05) is 69.2 Å². The van der Waals surface area contributed by atoms with Gasteiger partial charge in [-0.15, -0.1) is 21.5 Å². The summed E-state index contributed by atoms with van der Waals surface area (Å²) in [6, 6.07) is 18.7. The molecular formula is C48H60N10O6S. The fraction of sp³-hybridized carbons (Fsp3) is 0.500. The minimum Gasteiger partial charge on any atom is -0.507 e. The van der Waals surface area contributed by atoms with E-state index < -0.39 is 18.1 Å². The lowest BCUT2D eigenvalue weighted by Crippen LogP contribution is -2.62. The summed E-state index contributed by atoms with van der Waals surface area (Å²) in [7, 11) is 0. The number of nitrogens with one attached hydrogen (secondary N) is 2. The Labute approximate surface area is 384 Å². The van der Waals surface area contributed by atoms with Gasteiger partial charge in [0.1, 0.15) is 24.3 Å². The van der Waals surface area contributed by atoms with Crippen LogP contribution in [0.1, 0.15) is 69.5 Å². The van der Waals surface area contributed by atoms with E-state index in [2.05, 4.69) is 52.6 Å². The number of hydrogen-bond acceptors (Lipinski definition) is 15. The van der Waals surface area contributed by atoms with E-state index in [9.17, 15) is 19.8 Å². The molecule has 4 N–H and O–H groups in total. The third-order valence-electron chi connectivity index (χ3n) is 13.7. The lowest BCUT2D eigenvalue weighted by molar-refractivity contribution is -0.141. The van der Waals surface area contributed by atoms with Crippen LogP contribution in [-0.2, 0) is 9.59 Å². The van der Waals surface area contributed by atoms with Crippen LogP contribution in [0.5, 0.6) is 11.6 Å². The number of aromatic hydroxyl groups is 1. The Bertz CT molecular complexity index is 2460. The van der Waals surface area contributed by atoms with Gasteiger partial charge in [0.15, 0.2) is 11.6 Å². The van der Waals surface area contributed by atoms with E-state index >= 15 is 0 Å². The van der Waals surface area contributed by atoms with Gasteiger partial charge in [0, 0.05) is 69.9 Å². The van der Waals surface area contributed by atoms with Crippen LogP contribution in [0, 0.1) is 18.8 Å². The second kappa shape index (κ2) is 19.1. The SMILES string of the molecule is Cc1ncsc1-c1ccc([C@H](C)NC(=O)[C@@H]2C[C@@H](O)CN2C(=O)[C@@H](c2cc(OCCN3CC[C@H](N4CCN5c6cc(-c7ccccc7O)nnc6NC[C@@H]5C4)[C@@H](C)C3)no2)C(C)C)cc1. The third-order valence-corrected chi connectivity index (χ3v) is 14.7. The molecule has 0 spiro atoms. The average molecular weight is 905 g/mol. The van der Waals surface area contributed by atoms with Gasteiger partial charge in [-0.05, 0) is 73.1 Å². The Balaban J connectivity index is 0.753. The number of phenolic OH excluding ortho intramolecular Hbond substituents is 1. The number of para-hydroxylation sites is 1. The molecule has 2 amide bonds. The van der Waals surface area contributed by atoms with Gasteiger partial charge in [0.2, 0.25) is 11.8 Å². The number of thiazole rings is 1. The summed E-state index contributed by atoms with van der Waals surface area (Å²) in [6.45, 7) is 16.9. The third kappa shape index (κ3) is 9.42. The van der Waals surface area contributed by atoms with Crippen molar-refractivity contribution >= 4 is 34.7 Å². The van der Waals surface area contributed by atoms with Gasteiger partial charge in [0.25, 0.3) is 5.88 Å². The first-order valence-electron chi connectivity index (χ1n) is 22.9. The Kier molecular flexibility index (Phi) is 13.1. The maximum absolute atomic E-state index is 14.2. The number of hydrogen-bond donors (Lipinski definition) is 4. The largest absolute Gasteiger partial charge is 0.507 e. The summed E-state index contributed by atoms with van der Waals surface area (Å²) < 4.78 is 11.9. The Morgan fingerprint density at radius 2 is 1.85 bits per heavy atom. The summed E-state index contributed by atoms with van der Waals surface area (Å²) in [5, 5.41) is 40.8. The molecule has 3 aromatic heterocycles. The molecule has 0 aliphatic carbocycles. The summed E-state index contributed by atoms with van der Waals surface area (Å²) in [4.78, 5) is 42.5. The summed E-state index contributed by atoms with van der Waals surface area (Å²) >= 11 is 1.59. The maximum Gasteiger partial charge on any atom is 0.254 e. The molecule has 16 nitrogen and oxygen atoms in total. The van der Waals surface area contributed by atoms with Crippen molar-refractivity contribution in [3.05, 3.63) is 83.2 Å². The Morgan fingerprint density at radius 1 is 1.03 bits per heavy atom. The highest BCUT2D eigenvalue weighted by Gasteiger charge is 2.44. The number of β-amino-alcohol motifs (C(OH)–C–C–N with tert-alkyl or cyclic N) is 1. The molecule has 4 aliphatic heterocycles. The van der Waals surface area contributed by atoms with Gasteiger partial charge in [-0.2, -0.15) is 0 Å². The zero-order valence-corrected chi connectivity index (χ0v) is 38.6. The molecule has 5 aromatic rings. The zero-order chi connectivity index (χ0) is 45.4. The van der Waals surface area contributed by atoms with Crippen LogP contribution in [0.25, 0.3) is 21.7 Å². The molecular weight excluding hydrogens is 845 g/mol. The van der Waals surface area contributed by atoms with Crippen LogP contribution in [0.4, 0.5) is 11.5 Å². The quantitative estimate of drug-likeness (QED) is 0.115. The monoisotopic (exact) mass is 904 g/mol. The lowest BCUT2D eigenvalue weighted by Gasteiger charge is -2.50. The smallest absolute Gasteiger partial charge is 0.254 e. The minimum absolute atomic E-state index is 0.0604. The van der Waals surface area contributed by atoms with Gasteiger partial charge in [0.05, 0.1) is 45.7 Å². The topological polar surface area (TPSA) is 186 Å². The molecule has 7 atom stereocenters. The van der Waals surface area contributed by atoms with Crippen molar-refractivity contribution in [3.63, 3.8) is 0 Å². The number of likely N-dealkylation sites (tertiary alicyclic amines) is 2. The van der Waals surface area contributed by atoms with Crippen molar-refractivity contribution in [1.82, 2.24) is 40.4 Å². The number of aliphatic hydroxyl groups is 1. The highest BCUT2D eigenvalue weighted by Crippen LogP contribution is 2.38. The van der Waals surface area contributed by atoms with Crippen LogP contribution in [-0.4, -0.2) is 140 Å². The maximum atomic E-state index is 14.2. The number of nitrogens with zero attached hydrogens (tertiary/aromatic N) is 8. The van der Waals surface area contributed by atoms with Crippen molar-refractivity contribution in [2.24, 2.45) is 11.8 Å². The van der Waals surface area contributed by atoms with Crippen molar-refractivity contribution in [1.29, 1.82) is 0 Å². The summed E-state index contributed by atoms with van der Waals surface area (Å²) in [5.74, 6) is 0.678. The molecule has 9 rings (SSSR count). The molecule has 65 heavy (non-hydrogen) atoms. The second-order valence-corrected chi connectivity index (χ2v) is 19.3. The second-order valence-electron chi connectivity index (χ2n) is 18.5. The molecule has 4 aliphatic rings. The van der Waals surface area contributed by atoms with E-state index in [1.807, 2.05) is 75.7 Å². The number of phenols is 1. The number of ether oxygens (including phenoxy) is 1. The fourth-order valence-corrected chi connectivity index (χ4v) is 11.1. The highest BCUT2D eigenvalue weighted by molar-refractivity contribution is 7.13. The normalized spacial score (nSPS) is 23.4. The molecule has 344 valence electrons. The fourth-order valence-electron chi connectivity index (χ4n) is 10.3. The number of piperidine rings is 1. The number of fused-ring (bicyclic) bond motifs is 3. The molecule has 0 saturated carbocycles. The minimum atomic E-state index is -0.821. The number of anilines is 2. The summed E-state index contributed by atoms with van der Waals surface area (Å²) in [6.07, 6.45) is 0.404. The number of carbonyl (C=O) groups is 2. The first kappa shape index (κ1) is 44.6. The molecule has 3 fully saturated rings. The van der Waals surface area contributed by atoms with Crippen LogP contribution in [0.2, 0.25) is 0 Å². The number of aryl methyl sites for hydroxylation is 1. The van der Waals surface area contributed by atoms with Gasteiger partial charge < -0.3 is 39.9 Å². The number of carbonyl (C=O) groups excluding carboxylic acids is 2. The number of piperazine rings is 1. The van der Waals surface area contributed by atoms with E-state index in [1.54, 1.807) is 29.5 Å².